The summed E-state index contributed by atoms with van der Waals surface area (Å²) in [6.07, 6.45) is 8.29. The molecule has 5 atom stereocenters. The normalized spacial score (nSPS) is 47.3. The van der Waals surface area contributed by atoms with E-state index in [1.807, 2.05) is 6.92 Å². The van der Waals surface area contributed by atoms with Crippen LogP contribution in [0.3, 0.4) is 0 Å². The summed E-state index contributed by atoms with van der Waals surface area (Å²) in [4.78, 5) is 0. The lowest BCUT2D eigenvalue weighted by Crippen LogP contribution is -2.62. The van der Waals surface area contributed by atoms with Gasteiger partial charge in [-0.25, -0.2) is 0 Å². The Bertz CT molecular complexity index is 511. The molecule has 0 saturated heterocycles. The molecule has 3 nitrogen and oxygen atoms in total. The van der Waals surface area contributed by atoms with Gasteiger partial charge >= 0.3 is 0 Å². The van der Waals surface area contributed by atoms with E-state index in [4.69, 9.17) is 0 Å². The molecule has 2 fully saturated rings. The first-order valence-electron chi connectivity index (χ1n) is 9.30. The molecule has 0 aromatic rings. The standard InChI is InChI=1S/C20H34O3/c1-17(2)8-5-9-19(4)15(17)7-6-14-12-18(3,16(22)13-21)10-11-20(14,19)23/h6,15-16,21-23H,5,7-13H2,1-4H3/t15-,16+,18-,19-,20+/m0/s1. The minimum Gasteiger partial charge on any atom is -0.394 e. The van der Waals surface area contributed by atoms with Crippen LogP contribution in [0.15, 0.2) is 11.6 Å². The second kappa shape index (κ2) is 5.31. The van der Waals surface area contributed by atoms with Crippen molar-refractivity contribution in [3.8, 4) is 0 Å². The topological polar surface area (TPSA) is 60.7 Å². The number of fused-ring (bicyclic) bond motifs is 3. The smallest absolute Gasteiger partial charge is 0.0913 e. The van der Waals surface area contributed by atoms with Crippen molar-refractivity contribution in [2.75, 3.05) is 6.61 Å². The minimum absolute atomic E-state index is 0.0651. The molecule has 23 heavy (non-hydrogen) atoms. The number of hydrogen-bond donors (Lipinski definition) is 3. The van der Waals surface area contributed by atoms with Gasteiger partial charge in [-0.05, 0) is 60.8 Å². The first kappa shape index (κ1) is 17.4. The van der Waals surface area contributed by atoms with Gasteiger partial charge in [-0.1, -0.05) is 40.2 Å². The van der Waals surface area contributed by atoms with Crippen LogP contribution in [0.2, 0.25) is 0 Å². The summed E-state index contributed by atoms with van der Waals surface area (Å²) in [7, 11) is 0. The Morgan fingerprint density at radius 1 is 1.13 bits per heavy atom. The quantitative estimate of drug-likeness (QED) is 0.683. The molecule has 0 spiro atoms. The molecule has 3 rings (SSSR count). The summed E-state index contributed by atoms with van der Waals surface area (Å²) >= 11 is 0. The molecule has 0 unspecified atom stereocenters. The fraction of sp³-hybridized carbons (Fsp3) is 0.900. The van der Waals surface area contributed by atoms with E-state index >= 15 is 0 Å². The maximum atomic E-state index is 11.8. The Hall–Kier alpha value is -0.380. The van der Waals surface area contributed by atoms with Gasteiger partial charge in [0.05, 0.1) is 18.3 Å². The van der Waals surface area contributed by atoms with Crippen LogP contribution < -0.4 is 0 Å². The minimum atomic E-state index is -0.734. The summed E-state index contributed by atoms with van der Waals surface area (Å²) in [5.74, 6) is 0.518. The summed E-state index contributed by atoms with van der Waals surface area (Å²) in [5, 5.41) is 31.4. The number of aliphatic hydroxyl groups excluding tert-OH is 2. The van der Waals surface area contributed by atoms with Crippen molar-refractivity contribution in [3.05, 3.63) is 11.6 Å². The molecule has 0 heterocycles. The van der Waals surface area contributed by atoms with Gasteiger partial charge in [-0.3, -0.25) is 0 Å². The molecular weight excluding hydrogens is 288 g/mol. The summed E-state index contributed by atoms with van der Waals surface area (Å²) < 4.78 is 0. The largest absolute Gasteiger partial charge is 0.394 e. The van der Waals surface area contributed by atoms with Crippen molar-refractivity contribution in [2.24, 2.45) is 22.2 Å². The highest BCUT2D eigenvalue weighted by atomic mass is 16.3. The fourth-order valence-electron chi connectivity index (χ4n) is 6.15. The second-order valence-electron chi connectivity index (χ2n) is 9.67. The van der Waals surface area contributed by atoms with E-state index in [-0.39, 0.29) is 22.9 Å². The summed E-state index contributed by atoms with van der Waals surface area (Å²) in [5.41, 5.74) is 0.276. The zero-order chi connectivity index (χ0) is 17.1. The lowest BCUT2D eigenvalue weighted by atomic mass is 9.44. The van der Waals surface area contributed by atoms with Crippen molar-refractivity contribution < 1.29 is 15.3 Å². The number of rotatable bonds is 2. The molecule has 0 radical (unpaired) electrons. The van der Waals surface area contributed by atoms with E-state index in [9.17, 15) is 15.3 Å². The molecule has 0 aromatic carbocycles. The molecule has 0 amide bonds. The highest BCUT2D eigenvalue weighted by molar-refractivity contribution is 5.32. The van der Waals surface area contributed by atoms with Crippen LogP contribution in [-0.2, 0) is 0 Å². The Balaban J connectivity index is 1.98. The van der Waals surface area contributed by atoms with Crippen LogP contribution in [0, 0.1) is 22.2 Å². The molecule has 0 aromatic heterocycles. The maximum Gasteiger partial charge on any atom is 0.0913 e. The van der Waals surface area contributed by atoms with Crippen molar-refractivity contribution in [2.45, 2.75) is 84.3 Å². The van der Waals surface area contributed by atoms with Crippen molar-refractivity contribution in [3.63, 3.8) is 0 Å². The van der Waals surface area contributed by atoms with Gasteiger partial charge < -0.3 is 15.3 Å². The van der Waals surface area contributed by atoms with Crippen LogP contribution in [-0.4, -0.2) is 33.6 Å². The molecule has 2 saturated carbocycles. The zero-order valence-corrected chi connectivity index (χ0v) is 15.2. The third-order valence-corrected chi connectivity index (χ3v) is 7.94. The van der Waals surface area contributed by atoms with Crippen LogP contribution in [0.1, 0.15) is 72.6 Å². The predicted molar refractivity (Wildman–Crippen MR) is 91.9 cm³/mol. The van der Waals surface area contributed by atoms with Gasteiger partial charge in [0.1, 0.15) is 0 Å². The van der Waals surface area contributed by atoms with Gasteiger partial charge in [0, 0.05) is 5.41 Å². The monoisotopic (exact) mass is 322 g/mol. The molecule has 0 aliphatic heterocycles. The van der Waals surface area contributed by atoms with E-state index < -0.39 is 11.7 Å². The first-order valence-corrected chi connectivity index (χ1v) is 9.30. The SMILES string of the molecule is CC1(C)CCC[C@@]2(C)[C@H]1CC=C1C[C@@](C)([C@H](O)CO)CC[C@@]12O. The molecule has 3 aliphatic rings. The average molecular weight is 322 g/mol. The predicted octanol–water partition coefficient (Wildman–Crippen LogP) is 3.42. The summed E-state index contributed by atoms with van der Waals surface area (Å²) in [6, 6.07) is 0. The number of aliphatic hydroxyl groups is 3. The third kappa shape index (κ3) is 2.34. The zero-order valence-electron chi connectivity index (χ0n) is 15.2. The molecular formula is C20H34O3. The van der Waals surface area contributed by atoms with E-state index in [1.54, 1.807) is 0 Å². The summed E-state index contributed by atoms with van der Waals surface area (Å²) in [6.45, 7) is 8.87. The van der Waals surface area contributed by atoms with Crippen LogP contribution in [0.5, 0.6) is 0 Å². The molecule has 3 heteroatoms. The molecule has 0 bridgehead atoms. The van der Waals surface area contributed by atoms with Crippen molar-refractivity contribution in [1.82, 2.24) is 0 Å². The fourth-order valence-corrected chi connectivity index (χ4v) is 6.15. The Kier molecular flexibility index (Phi) is 4.02. The molecule has 3 aliphatic carbocycles. The number of hydrogen-bond acceptors (Lipinski definition) is 3. The van der Waals surface area contributed by atoms with Crippen molar-refractivity contribution >= 4 is 0 Å². The highest BCUT2D eigenvalue weighted by Gasteiger charge is 2.62. The van der Waals surface area contributed by atoms with E-state index in [2.05, 4.69) is 26.8 Å². The Morgan fingerprint density at radius 2 is 1.83 bits per heavy atom. The van der Waals surface area contributed by atoms with E-state index in [0.717, 1.165) is 24.8 Å². The molecule has 3 N–H and O–H groups in total. The van der Waals surface area contributed by atoms with E-state index in [0.29, 0.717) is 18.8 Å². The lowest BCUT2D eigenvalue weighted by molar-refractivity contribution is -0.168. The van der Waals surface area contributed by atoms with E-state index in [1.165, 1.54) is 12.8 Å². The third-order valence-electron chi connectivity index (χ3n) is 7.94. The van der Waals surface area contributed by atoms with Gasteiger partial charge in [0.25, 0.3) is 0 Å². The van der Waals surface area contributed by atoms with Crippen LogP contribution in [0.4, 0.5) is 0 Å². The van der Waals surface area contributed by atoms with Gasteiger partial charge in [0.2, 0.25) is 0 Å². The van der Waals surface area contributed by atoms with Crippen molar-refractivity contribution in [1.29, 1.82) is 0 Å². The van der Waals surface area contributed by atoms with Gasteiger partial charge in [0.15, 0.2) is 0 Å². The highest BCUT2D eigenvalue weighted by Crippen LogP contribution is 2.65. The van der Waals surface area contributed by atoms with Gasteiger partial charge in [-0.15, -0.1) is 0 Å². The maximum absolute atomic E-state index is 11.8. The Labute approximate surface area is 140 Å². The average Bonchev–Trinajstić information content (AvgIpc) is 2.48. The number of allylic oxidation sites excluding steroid dienone is 1. The first-order chi connectivity index (χ1) is 10.6. The lowest BCUT2D eigenvalue weighted by Gasteiger charge is -2.63. The van der Waals surface area contributed by atoms with Crippen LogP contribution in [0.25, 0.3) is 0 Å². The van der Waals surface area contributed by atoms with Gasteiger partial charge in [-0.2, -0.15) is 0 Å². The molecule has 132 valence electrons. The van der Waals surface area contributed by atoms with Crippen LogP contribution >= 0.6 is 0 Å². The Morgan fingerprint density at radius 3 is 2.48 bits per heavy atom. The second-order valence-corrected chi connectivity index (χ2v) is 9.67.